The van der Waals surface area contributed by atoms with Gasteiger partial charge in [0.15, 0.2) is 0 Å². The van der Waals surface area contributed by atoms with E-state index in [1.807, 2.05) is 0 Å². The van der Waals surface area contributed by atoms with Crippen LogP contribution in [0.3, 0.4) is 0 Å². The predicted octanol–water partition coefficient (Wildman–Crippen LogP) is 2.60. The van der Waals surface area contributed by atoms with Gasteiger partial charge in [-0.05, 0) is 32.0 Å². The van der Waals surface area contributed by atoms with Gasteiger partial charge in [0.2, 0.25) is 0 Å². The number of hydrogen-bond acceptors (Lipinski definition) is 2. The largest absolute Gasteiger partial charge is 0.316 e. The van der Waals surface area contributed by atoms with Gasteiger partial charge in [0.05, 0.1) is 0 Å². The van der Waals surface area contributed by atoms with E-state index in [1.54, 1.807) is 0 Å². The van der Waals surface area contributed by atoms with Gasteiger partial charge in [-0.3, -0.25) is 0 Å². The molecule has 0 aliphatic rings. The van der Waals surface area contributed by atoms with Crippen LogP contribution >= 0.6 is 0 Å². The summed E-state index contributed by atoms with van der Waals surface area (Å²) in [5.74, 6) is 0.847. The molecule has 0 radical (unpaired) electrons. The van der Waals surface area contributed by atoms with Crippen LogP contribution < -0.4 is 5.32 Å². The van der Waals surface area contributed by atoms with E-state index in [0.717, 1.165) is 19.0 Å². The molecule has 0 amide bonds. The lowest BCUT2D eigenvalue weighted by Gasteiger charge is -2.29. The van der Waals surface area contributed by atoms with E-state index in [1.165, 1.54) is 19.4 Å². The highest BCUT2D eigenvalue weighted by molar-refractivity contribution is 4.74. The van der Waals surface area contributed by atoms with E-state index in [4.69, 9.17) is 0 Å². The number of hydrogen-bond donors (Lipinski definition) is 1. The minimum atomic E-state index is 0.371. The Hall–Kier alpha value is -0.0800. The van der Waals surface area contributed by atoms with Crippen LogP contribution in [-0.2, 0) is 0 Å². The molecule has 0 fully saturated rings. The molecular formula is C13H30N2. The Balaban J connectivity index is 3.73. The molecule has 0 heterocycles. The van der Waals surface area contributed by atoms with E-state index in [9.17, 15) is 0 Å². The van der Waals surface area contributed by atoms with Crippen molar-refractivity contribution in [1.29, 1.82) is 0 Å². The first-order valence-electron chi connectivity index (χ1n) is 6.26. The topological polar surface area (TPSA) is 15.3 Å². The molecule has 0 atom stereocenters. The zero-order chi connectivity index (χ0) is 11.9. The fourth-order valence-corrected chi connectivity index (χ4v) is 2.10. The van der Waals surface area contributed by atoms with Gasteiger partial charge in [-0.25, -0.2) is 0 Å². The van der Waals surface area contributed by atoms with Gasteiger partial charge in [0, 0.05) is 13.1 Å². The Morgan fingerprint density at radius 2 is 1.67 bits per heavy atom. The molecule has 1 N–H and O–H groups in total. The third-order valence-electron chi connectivity index (χ3n) is 2.94. The van der Waals surface area contributed by atoms with Crippen molar-refractivity contribution in [3.8, 4) is 0 Å². The molecule has 2 nitrogen and oxygen atoms in total. The van der Waals surface area contributed by atoms with Crippen LogP contribution in [-0.4, -0.2) is 38.6 Å². The lowest BCUT2D eigenvalue weighted by molar-refractivity contribution is 0.228. The summed E-state index contributed by atoms with van der Waals surface area (Å²) in [6.45, 7) is 12.6. The second-order valence-electron chi connectivity index (χ2n) is 5.72. The van der Waals surface area contributed by atoms with Crippen LogP contribution in [0.2, 0.25) is 0 Å². The summed E-state index contributed by atoms with van der Waals surface area (Å²) >= 11 is 0. The summed E-state index contributed by atoms with van der Waals surface area (Å²) < 4.78 is 0. The van der Waals surface area contributed by atoms with Crippen LogP contribution in [0.5, 0.6) is 0 Å². The summed E-state index contributed by atoms with van der Waals surface area (Å²) in [6.07, 6.45) is 2.58. The molecule has 0 aromatic heterocycles. The Bertz CT molecular complexity index is 149. The van der Waals surface area contributed by atoms with Gasteiger partial charge in [-0.15, -0.1) is 0 Å². The molecule has 0 saturated heterocycles. The van der Waals surface area contributed by atoms with Crippen LogP contribution in [0.25, 0.3) is 0 Å². The zero-order valence-electron chi connectivity index (χ0n) is 11.6. The Kier molecular flexibility index (Phi) is 7.20. The third-order valence-corrected chi connectivity index (χ3v) is 2.94. The van der Waals surface area contributed by atoms with Crippen molar-refractivity contribution < 1.29 is 0 Å². The van der Waals surface area contributed by atoms with Crippen molar-refractivity contribution in [2.45, 2.75) is 40.5 Å². The van der Waals surface area contributed by atoms with Crippen molar-refractivity contribution in [3.63, 3.8) is 0 Å². The SMILES string of the molecule is CCC(CC)CNCC(C)(C)CN(C)C. The van der Waals surface area contributed by atoms with E-state index in [0.29, 0.717) is 5.41 Å². The smallest absolute Gasteiger partial charge is 0.00387 e. The summed E-state index contributed by atoms with van der Waals surface area (Å²) in [7, 11) is 4.28. The molecule has 0 unspecified atom stereocenters. The minimum Gasteiger partial charge on any atom is -0.316 e. The lowest BCUT2D eigenvalue weighted by Crippen LogP contribution is -2.39. The van der Waals surface area contributed by atoms with Crippen LogP contribution in [0, 0.1) is 11.3 Å². The summed E-state index contributed by atoms with van der Waals surface area (Å²) in [5, 5.41) is 3.61. The molecule has 15 heavy (non-hydrogen) atoms. The highest BCUT2D eigenvalue weighted by Crippen LogP contribution is 2.14. The maximum atomic E-state index is 3.61. The molecule has 0 aliphatic heterocycles. The fraction of sp³-hybridized carbons (Fsp3) is 1.00. The monoisotopic (exact) mass is 214 g/mol. The first kappa shape index (κ1) is 14.9. The maximum absolute atomic E-state index is 3.61. The maximum Gasteiger partial charge on any atom is 0.00387 e. The van der Waals surface area contributed by atoms with E-state index >= 15 is 0 Å². The number of rotatable bonds is 8. The fourth-order valence-electron chi connectivity index (χ4n) is 2.10. The lowest BCUT2D eigenvalue weighted by atomic mass is 9.92. The van der Waals surface area contributed by atoms with Gasteiger partial charge in [0.25, 0.3) is 0 Å². The second-order valence-corrected chi connectivity index (χ2v) is 5.72. The Morgan fingerprint density at radius 3 is 2.07 bits per heavy atom. The molecule has 92 valence electrons. The molecule has 0 saturated carbocycles. The second kappa shape index (κ2) is 7.24. The van der Waals surface area contributed by atoms with Crippen molar-refractivity contribution in [3.05, 3.63) is 0 Å². The molecule has 0 aromatic carbocycles. The van der Waals surface area contributed by atoms with Crippen LogP contribution in [0.15, 0.2) is 0 Å². The number of nitrogens with one attached hydrogen (secondary N) is 1. The van der Waals surface area contributed by atoms with Crippen molar-refractivity contribution in [2.24, 2.45) is 11.3 Å². The van der Waals surface area contributed by atoms with E-state index in [-0.39, 0.29) is 0 Å². The summed E-state index contributed by atoms with van der Waals surface area (Å²) in [5.41, 5.74) is 0.371. The third kappa shape index (κ3) is 7.80. The average molecular weight is 214 g/mol. The first-order chi connectivity index (χ1) is 6.91. The molecule has 2 heteroatoms. The molecule has 0 aliphatic carbocycles. The Morgan fingerprint density at radius 1 is 1.13 bits per heavy atom. The van der Waals surface area contributed by atoms with Gasteiger partial charge < -0.3 is 10.2 Å². The molecule has 0 bridgehead atoms. The molecule has 0 aromatic rings. The van der Waals surface area contributed by atoms with Crippen LogP contribution in [0.1, 0.15) is 40.5 Å². The van der Waals surface area contributed by atoms with Crippen molar-refractivity contribution in [2.75, 3.05) is 33.7 Å². The first-order valence-corrected chi connectivity index (χ1v) is 6.26. The quantitative estimate of drug-likeness (QED) is 0.668. The van der Waals surface area contributed by atoms with E-state index in [2.05, 4.69) is 52.0 Å². The summed E-state index contributed by atoms with van der Waals surface area (Å²) in [4.78, 5) is 2.26. The number of nitrogens with zero attached hydrogens (tertiary/aromatic N) is 1. The Labute approximate surface area is 96.4 Å². The molecule has 0 rings (SSSR count). The highest BCUT2D eigenvalue weighted by Gasteiger charge is 2.18. The van der Waals surface area contributed by atoms with Gasteiger partial charge >= 0.3 is 0 Å². The predicted molar refractivity (Wildman–Crippen MR) is 69.3 cm³/mol. The zero-order valence-corrected chi connectivity index (χ0v) is 11.6. The minimum absolute atomic E-state index is 0.371. The van der Waals surface area contributed by atoms with Gasteiger partial charge in [-0.1, -0.05) is 40.5 Å². The normalized spacial score (nSPS) is 12.8. The van der Waals surface area contributed by atoms with E-state index < -0.39 is 0 Å². The standard InChI is InChI=1S/C13H30N2/c1-7-12(8-2)9-14-10-13(3,4)11-15(5)6/h12,14H,7-11H2,1-6H3. The highest BCUT2D eigenvalue weighted by atomic mass is 15.1. The summed E-state index contributed by atoms with van der Waals surface area (Å²) in [6, 6.07) is 0. The van der Waals surface area contributed by atoms with Crippen molar-refractivity contribution >= 4 is 0 Å². The van der Waals surface area contributed by atoms with Crippen LogP contribution in [0.4, 0.5) is 0 Å². The van der Waals surface area contributed by atoms with Crippen molar-refractivity contribution in [1.82, 2.24) is 10.2 Å². The van der Waals surface area contributed by atoms with Gasteiger partial charge in [0.1, 0.15) is 0 Å². The van der Waals surface area contributed by atoms with Gasteiger partial charge in [-0.2, -0.15) is 0 Å². The average Bonchev–Trinajstić information content (AvgIpc) is 2.10. The molecule has 0 spiro atoms. The molecular weight excluding hydrogens is 184 g/mol.